The number of aliphatic carboxylic acids is 1. The van der Waals surface area contributed by atoms with Crippen molar-refractivity contribution in [2.24, 2.45) is 5.92 Å². The first-order chi connectivity index (χ1) is 9.38. The molecule has 0 aromatic heterocycles. The molecule has 0 aromatic rings. The van der Waals surface area contributed by atoms with Gasteiger partial charge in [-0.15, -0.1) is 0 Å². The van der Waals surface area contributed by atoms with Crippen molar-refractivity contribution in [3.05, 3.63) is 0 Å². The van der Waals surface area contributed by atoms with E-state index in [9.17, 15) is 14.4 Å². The highest BCUT2D eigenvalue weighted by Crippen LogP contribution is 2.09. The summed E-state index contributed by atoms with van der Waals surface area (Å²) in [7, 11) is 0. The maximum Gasteiger partial charge on any atom is 0.317 e. The van der Waals surface area contributed by atoms with Gasteiger partial charge in [-0.2, -0.15) is 0 Å². The molecule has 7 heteroatoms. The van der Waals surface area contributed by atoms with Crippen LogP contribution in [-0.2, 0) is 14.4 Å². The first-order valence-electron chi connectivity index (χ1n) is 6.90. The van der Waals surface area contributed by atoms with Crippen molar-refractivity contribution in [3.8, 4) is 0 Å². The standard InChI is InChI=1S/C13H23N3O4/c1-8(2)5-9(6-14-7-12(18)19)15-13(20)10-3-4-11(17)16-10/h8-10,14H,3-7H2,1-2H3,(H,15,20)(H,16,17)(H,18,19)/t9-,10+/m0/s1. The number of carbonyl (C=O) groups excluding carboxylic acids is 2. The van der Waals surface area contributed by atoms with Crippen molar-refractivity contribution in [1.82, 2.24) is 16.0 Å². The summed E-state index contributed by atoms with van der Waals surface area (Å²) >= 11 is 0. The summed E-state index contributed by atoms with van der Waals surface area (Å²) in [6.45, 7) is 4.34. The third-order valence-corrected chi connectivity index (χ3v) is 3.08. The van der Waals surface area contributed by atoms with E-state index in [2.05, 4.69) is 16.0 Å². The maximum atomic E-state index is 12.0. The smallest absolute Gasteiger partial charge is 0.317 e. The Hall–Kier alpha value is -1.63. The minimum absolute atomic E-state index is 0.102. The summed E-state index contributed by atoms with van der Waals surface area (Å²) in [6.07, 6.45) is 1.64. The van der Waals surface area contributed by atoms with Crippen LogP contribution in [0.15, 0.2) is 0 Å². The van der Waals surface area contributed by atoms with Crippen molar-refractivity contribution in [2.75, 3.05) is 13.1 Å². The molecule has 0 spiro atoms. The van der Waals surface area contributed by atoms with E-state index in [1.54, 1.807) is 0 Å². The monoisotopic (exact) mass is 285 g/mol. The fourth-order valence-electron chi connectivity index (χ4n) is 2.23. The molecule has 0 unspecified atom stereocenters. The van der Waals surface area contributed by atoms with Gasteiger partial charge >= 0.3 is 5.97 Å². The predicted molar refractivity (Wildman–Crippen MR) is 73.1 cm³/mol. The van der Waals surface area contributed by atoms with Crippen LogP contribution in [0.4, 0.5) is 0 Å². The molecule has 20 heavy (non-hydrogen) atoms. The lowest BCUT2D eigenvalue weighted by Gasteiger charge is -2.22. The van der Waals surface area contributed by atoms with Crippen LogP contribution in [0.5, 0.6) is 0 Å². The van der Waals surface area contributed by atoms with E-state index in [4.69, 9.17) is 5.11 Å². The van der Waals surface area contributed by atoms with Crippen LogP contribution in [0, 0.1) is 5.92 Å². The topological polar surface area (TPSA) is 108 Å². The van der Waals surface area contributed by atoms with Gasteiger partial charge < -0.3 is 21.1 Å². The molecule has 0 bridgehead atoms. The summed E-state index contributed by atoms with van der Waals surface area (Å²) < 4.78 is 0. The minimum Gasteiger partial charge on any atom is -0.480 e. The molecule has 0 aliphatic carbocycles. The Balaban J connectivity index is 2.44. The second kappa shape index (κ2) is 7.84. The van der Waals surface area contributed by atoms with E-state index in [0.29, 0.717) is 25.3 Å². The van der Waals surface area contributed by atoms with Crippen LogP contribution >= 0.6 is 0 Å². The van der Waals surface area contributed by atoms with Crippen LogP contribution in [0.25, 0.3) is 0 Å². The Kier molecular flexibility index (Phi) is 6.44. The van der Waals surface area contributed by atoms with E-state index in [-0.39, 0.29) is 24.4 Å². The van der Waals surface area contributed by atoms with Gasteiger partial charge in [-0.25, -0.2) is 0 Å². The molecule has 0 radical (unpaired) electrons. The molecule has 1 aliphatic heterocycles. The van der Waals surface area contributed by atoms with Crippen LogP contribution < -0.4 is 16.0 Å². The molecule has 1 aliphatic rings. The molecule has 1 heterocycles. The lowest BCUT2D eigenvalue weighted by molar-refractivity contribution is -0.136. The van der Waals surface area contributed by atoms with Gasteiger partial charge in [-0.3, -0.25) is 14.4 Å². The average Bonchev–Trinajstić information content (AvgIpc) is 2.74. The molecule has 1 rings (SSSR count). The Morgan fingerprint density at radius 1 is 1.45 bits per heavy atom. The van der Waals surface area contributed by atoms with Crippen LogP contribution in [0.1, 0.15) is 33.1 Å². The molecule has 114 valence electrons. The third kappa shape index (κ3) is 6.01. The second-order valence-electron chi connectivity index (χ2n) is 5.52. The number of carboxylic acid groups (broad SMARTS) is 1. The van der Waals surface area contributed by atoms with Gasteiger partial charge in [0.15, 0.2) is 0 Å². The number of hydrogen-bond acceptors (Lipinski definition) is 4. The summed E-state index contributed by atoms with van der Waals surface area (Å²) in [6, 6.07) is -0.601. The first kappa shape index (κ1) is 16.4. The Labute approximate surface area is 118 Å². The van der Waals surface area contributed by atoms with Crippen LogP contribution in [0.2, 0.25) is 0 Å². The summed E-state index contributed by atoms with van der Waals surface area (Å²) in [5.74, 6) is -0.846. The molecule has 4 N–H and O–H groups in total. The normalized spacial score (nSPS) is 19.8. The number of hydrogen-bond donors (Lipinski definition) is 4. The number of amides is 2. The fourth-order valence-corrected chi connectivity index (χ4v) is 2.23. The summed E-state index contributed by atoms with van der Waals surface area (Å²) in [5.41, 5.74) is 0. The van der Waals surface area contributed by atoms with Crippen molar-refractivity contribution in [3.63, 3.8) is 0 Å². The van der Waals surface area contributed by atoms with Crippen molar-refractivity contribution in [2.45, 2.75) is 45.2 Å². The highest BCUT2D eigenvalue weighted by molar-refractivity contribution is 5.90. The van der Waals surface area contributed by atoms with E-state index < -0.39 is 12.0 Å². The average molecular weight is 285 g/mol. The third-order valence-electron chi connectivity index (χ3n) is 3.08. The summed E-state index contributed by atoms with van der Waals surface area (Å²) in [4.78, 5) is 33.6. The fraction of sp³-hybridized carbons (Fsp3) is 0.769. The zero-order valence-electron chi connectivity index (χ0n) is 11.9. The van der Waals surface area contributed by atoms with Crippen molar-refractivity contribution < 1.29 is 19.5 Å². The predicted octanol–water partition coefficient (Wildman–Crippen LogP) is -0.530. The molecular weight excluding hydrogens is 262 g/mol. The second-order valence-corrected chi connectivity index (χ2v) is 5.52. The molecule has 2 atom stereocenters. The number of nitrogens with one attached hydrogen (secondary N) is 3. The first-order valence-corrected chi connectivity index (χ1v) is 6.90. The highest BCUT2D eigenvalue weighted by Gasteiger charge is 2.28. The SMILES string of the molecule is CC(C)C[C@@H](CNCC(=O)O)NC(=O)[C@H]1CCC(=O)N1. The lowest BCUT2D eigenvalue weighted by Crippen LogP contribution is -2.50. The number of carboxylic acids is 1. The molecule has 7 nitrogen and oxygen atoms in total. The molecule has 1 fully saturated rings. The Morgan fingerprint density at radius 2 is 2.15 bits per heavy atom. The molecular formula is C13H23N3O4. The lowest BCUT2D eigenvalue weighted by atomic mass is 10.0. The van der Waals surface area contributed by atoms with Gasteiger partial charge in [0.1, 0.15) is 6.04 Å². The van der Waals surface area contributed by atoms with E-state index in [1.807, 2.05) is 13.8 Å². The van der Waals surface area contributed by atoms with Gasteiger partial charge in [0.25, 0.3) is 0 Å². The van der Waals surface area contributed by atoms with Crippen molar-refractivity contribution >= 4 is 17.8 Å². The zero-order chi connectivity index (χ0) is 15.1. The van der Waals surface area contributed by atoms with Gasteiger partial charge in [-0.05, 0) is 18.8 Å². The Bertz CT molecular complexity index is 371. The van der Waals surface area contributed by atoms with Crippen LogP contribution in [-0.4, -0.2) is 48.1 Å². The molecule has 0 saturated carbocycles. The van der Waals surface area contributed by atoms with Gasteiger partial charge in [0.05, 0.1) is 6.54 Å². The van der Waals surface area contributed by atoms with Crippen molar-refractivity contribution in [1.29, 1.82) is 0 Å². The van der Waals surface area contributed by atoms with E-state index >= 15 is 0 Å². The quantitative estimate of drug-likeness (QED) is 0.479. The largest absolute Gasteiger partial charge is 0.480 e. The zero-order valence-corrected chi connectivity index (χ0v) is 11.9. The Morgan fingerprint density at radius 3 is 2.65 bits per heavy atom. The van der Waals surface area contributed by atoms with Gasteiger partial charge in [0, 0.05) is 19.0 Å². The molecule has 1 saturated heterocycles. The van der Waals surface area contributed by atoms with E-state index in [1.165, 1.54) is 0 Å². The summed E-state index contributed by atoms with van der Waals surface area (Å²) in [5, 5.41) is 16.9. The molecule has 0 aromatic carbocycles. The van der Waals surface area contributed by atoms with Gasteiger partial charge in [-0.1, -0.05) is 13.8 Å². The molecule has 2 amide bonds. The van der Waals surface area contributed by atoms with E-state index in [0.717, 1.165) is 6.42 Å². The highest BCUT2D eigenvalue weighted by atomic mass is 16.4. The van der Waals surface area contributed by atoms with Gasteiger partial charge in [0.2, 0.25) is 11.8 Å². The van der Waals surface area contributed by atoms with Crippen LogP contribution in [0.3, 0.4) is 0 Å². The number of rotatable bonds is 8. The number of carbonyl (C=O) groups is 3. The maximum absolute atomic E-state index is 12.0. The minimum atomic E-state index is -0.928.